The molecule has 7 heteroatoms. The lowest BCUT2D eigenvalue weighted by Gasteiger charge is -2.12. The maximum Gasteiger partial charge on any atom is 0.191 e. The van der Waals surface area contributed by atoms with Crippen molar-refractivity contribution in [2.45, 2.75) is 32.4 Å². The predicted molar refractivity (Wildman–Crippen MR) is 86.6 cm³/mol. The first-order valence-electron chi connectivity index (χ1n) is 7.86. The van der Waals surface area contributed by atoms with Crippen molar-refractivity contribution < 1.29 is 4.39 Å². The molecule has 0 spiro atoms. The summed E-state index contributed by atoms with van der Waals surface area (Å²) in [7, 11) is 1.73. The van der Waals surface area contributed by atoms with Gasteiger partial charge >= 0.3 is 0 Å². The van der Waals surface area contributed by atoms with Crippen molar-refractivity contribution in [1.29, 1.82) is 0 Å². The van der Waals surface area contributed by atoms with Gasteiger partial charge in [-0.05, 0) is 30.5 Å². The zero-order valence-electron chi connectivity index (χ0n) is 13.2. The van der Waals surface area contributed by atoms with Crippen LogP contribution in [0.25, 0.3) is 0 Å². The molecule has 0 saturated heterocycles. The number of fused-ring (bicyclic) bond motifs is 1. The number of hydrogen-bond acceptors (Lipinski definition) is 3. The smallest absolute Gasteiger partial charge is 0.191 e. The van der Waals surface area contributed by atoms with Gasteiger partial charge in [0.2, 0.25) is 0 Å². The van der Waals surface area contributed by atoms with Crippen LogP contribution in [0, 0.1) is 5.82 Å². The Hall–Kier alpha value is -2.44. The highest BCUT2D eigenvalue weighted by Crippen LogP contribution is 2.13. The highest BCUT2D eigenvalue weighted by molar-refractivity contribution is 5.79. The molecule has 0 radical (unpaired) electrons. The zero-order chi connectivity index (χ0) is 16.1. The Bertz CT molecular complexity index is 694. The monoisotopic (exact) mass is 316 g/mol. The Labute approximate surface area is 134 Å². The van der Waals surface area contributed by atoms with Gasteiger partial charge in [-0.3, -0.25) is 4.99 Å². The molecule has 1 aromatic heterocycles. The number of aromatic nitrogens is 3. The van der Waals surface area contributed by atoms with Gasteiger partial charge < -0.3 is 15.2 Å². The molecule has 2 N–H and O–H groups in total. The van der Waals surface area contributed by atoms with Gasteiger partial charge in [-0.1, -0.05) is 12.1 Å². The average molecular weight is 316 g/mol. The molecule has 0 fully saturated rings. The van der Waals surface area contributed by atoms with Crippen LogP contribution in [0.15, 0.2) is 29.3 Å². The largest absolute Gasteiger partial charge is 0.356 e. The fourth-order valence-electron chi connectivity index (χ4n) is 2.74. The van der Waals surface area contributed by atoms with Crippen LogP contribution in [-0.2, 0) is 25.9 Å². The lowest BCUT2D eigenvalue weighted by molar-refractivity contribution is 0.624. The molecule has 0 aliphatic carbocycles. The van der Waals surface area contributed by atoms with Crippen molar-refractivity contribution in [2.75, 3.05) is 13.6 Å². The van der Waals surface area contributed by atoms with Gasteiger partial charge in [0.05, 0.1) is 6.54 Å². The maximum atomic E-state index is 13.1. The Morgan fingerprint density at radius 1 is 1.35 bits per heavy atom. The molecule has 1 aromatic carbocycles. The van der Waals surface area contributed by atoms with E-state index in [-0.39, 0.29) is 5.82 Å². The highest BCUT2D eigenvalue weighted by Gasteiger charge is 2.16. The Morgan fingerprint density at radius 2 is 2.26 bits per heavy atom. The molecule has 0 amide bonds. The van der Waals surface area contributed by atoms with Crippen LogP contribution in [0.2, 0.25) is 0 Å². The molecule has 0 bridgehead atoms. The zero-order valence-corrected chi connectivity index (χ0v) is 13.2. The second kappa shape index (κ2) is 7.21. The molecule has 2 aromatic rings. The molecular weight excluding hydrogens is 295 g/mol. The van der Waals surface area contributed by atoms with Gasteiger partial charge in [0.1, 0.15) is 11.6 Å². The van der Waals surface area contributed by atoms with Gasteiger partial charge in [-0.25, -0.2) is 4.39 Å². The van der Waals surface area contributed by atoms with Gasteiger partial charge in [0, 0.05) is 26.6 Å². The molecule has 23 heavy (non-hydrogen) atoms. The molecule has 0 atom stereocenters. The number of aliphatic imine (C=N–C) groups is 1. The summed E-state index contributed by atoms with van der Waals surface area (Å²) >= 11 is 0. The number of hydrogen-bond donors (Lipinski definition) is 2. The number of nitrogens with one attached hydrogen (secondary N) is 2. The Kier molecular flexibility index (Phi) is 4.85. The summed E-state index contributed by atoms with van der Waals surface area (Å²) < 4.78 is 15.3. The number of benzene rings is 1. The van der Waals surface area contributed by atoms with Crippen LogP contribution < -0.4 is 10.6 Å². The fourth-order valence-corrected chi connectivity index (χ4v) is 2.74. The van der Waals surface area contributed by atoms with Crippen LogP contribution in [0.5, 0.6) is 0 Å². The third-order valence-electron chi connectivity index (χ3n) is 3.92. The minimum atomic E-state index is -0.203. The molecule has 2 heterocycles. The fraction of sp³-hybridized carbons (Fsp3) is 0.438. The van der Waals surface area contributed by atoms with E-state index in [1.807, 2.05) is 6.07 Å². The van der Waals surface area contributed by atoms with Crippen LogP contribution in [-0.4, -0.2) is 34.3 Å². The van der Waals surface area contributed by atoms with Crippen molar-refractivity contribution in [3.05, 3.63) is 47.3 Å². The molecule has 0 unspecified atom stereocenters. The van der Waals surface area contributed by atoms with Crippen molar-refractivity contribution in [2.24, 2.45) is 4.99 Å². The van der Waals surface area contributed by atoms with Gasteiger partial charge in [0.25, 0.3) is 0 Å². The first-order valence-corrected chi connectivity index (χ1v) is 7.86. The highest BCUT2D eigenvalue weighted by atomic mass is 19.1. The molecule has 6 nitrogen and oxygen atoms in total. The van der Waals surface area contributed by atoms with Crippen LogP contribution >= 0.6 is 0 Å². The first-order chi connectivity index (χ1) is 11.3. The standard InChI is InChI=1S/C16H21FN6/c1-18-16(19-8-7-12-4-2-5-13(17)10-12)20-11-15-22-21-14-6-3-9-23(14)15/h2,4-5,10H,3,6-9,11H2,1H3,(H2,18,19,20). The molecular formula is C16H21FN6. The summed E-state index contributed by atoms with van der Waals surface area (Å²) in [6.45, 7) is 2.26. The van der Waals surface area contributed by atoms with E-state index in [1.165, 1.54) is 6.07 Å². The third kappa shape index (κ3) is 3.85. The van der Waals surface area contributed by atoms with Crippen LogP contribution in [0.3, 0.4) is 0 Å². The van der Waals surface area contributed by atoms with Crippen LogP contribution in [0.1, 0.15) is 23.6 Å². The predicted octanol–water partition coefficient (Wildman–Crippen LogP) is 1.27. The SMILES string of the molecule is CN=C(NCCc1cccc(F)c1)NCc1nnc2n1CCC2. The van der Waals surface area contributed by atoms with Crippen molar-refractivity contribution >= 4 is 5.96 Å². The summed E-state index contributed by atoms with van der Waals surface area (Å²) in [4.78, 5) is 4.19. The summed E-state index contributed by atoms with van der Waals surface area (Å²) in [6.07, 6.45) is 2.88. The van der Waals surface area contributed by atoms with Gasteiger partial charge in [-0.2, -0.15) is 0 Å². The van der Waals surface area contributed by atoms with E-state index in [2.05, 4.69) is 30.4 Å². The minimum absolute atomic E-state index is 0.203. The first kappa shape index (κ1) is 15.5. The maximum absolute atomic E-state index is 13.1. The van der Waals surface area contributed by atoms with E-state index in [0.29, 0.717) is 19.0 Å². The average Bonchev–Trinajstić information content (AvgIpc) is 3.15. The second-order valence-corrected chi connectivity index (χ2v) is 5.52. The summed E-state index contributed by atoms with van der Waals surface area (Å²) in [6, 6.07) is 6.65. The lowest BCUT2D eigenvalue weighted by atomic mass is 10.1. The molecule has 1 aliphatic rings. The Balaban J connectivity index is 1.47. The molecule has 122 valence electrons. The third-order valence-corrected chi connectivity index (χ3v) is 3.92. The Morgan fingerprint density at radius 3 is 3.09 bits per heavy atom. The number of guanidine groups is 1. The number of rotatable bonds is 5. The van der Waals surface area contributed by atoms with Crippen molar-refractivity contribution in [3.63, 3.8) is 0 Å². The van der Waals surface area contributed by atoms with E-state index in [1.54, 1.807) is 19.2 Å². The molecule has 3 rings (SSSR count). The summed E-state index contributed by atoms with van der Waals surface area (Å²) in [5, 5.41) is 14.9. The number of aryl methyl sites for hydroxylation is 1. The summed E-state index contributed by atoms with van der Waals surface area (Å²) in [5.74, 6) is 2.50. The lowest BCUT2D eigenvalue weighted by Crippen LogP contribution is -2.38. The van der Waals surface area contributed by atoms with E-state index < -0.39 is 0 Å². The number of halogens is 1. The molecule has 1 aliphatic heterocycles. The van der Waals surface area contributed by atoms with Crippen molar-refractivity contribution in [3.8, 4) is 0 Å². The number of nitrogens with zero attached hydrogens (tertiary/aromatic N) is 4. The van der Waals surface area contributed by atoms with Crippen LogP contribution in [0.4, 0.5) is 4.39 Å². The minimum Gasteiger partial charge on any atom is -0.356 e. The van der Waals surface area contributed by atoms with E-state index in [4.69, 9.17) is 0 Å². The normalized spacial score (nSPS) is 13.9. The topological polar surface area (TPSA) is 67.1 Å². The quantitative estimate of drug-likeness (QED) is 0.644. The van der Waals surface area contributed by atoms with Crippen molar-refractivity contribution in [1.82, 2.24) is 25.4 Å². The van der Waals surface area contributed by atoms with Gasteiger partial charge in [0.15, 0.2) is 11.8 Å². The van der Waals surface area contributed by atoms with E-state index in [0.717, 1.165) is 43.0 Å². The molecule has 0 saturated carbocycles. The van der Waals surface area contributed by atoms with E-state index in [9.17, 15) is 4.39 Å². The van der Waals surface area contributed by atoms with Gasteiger partial charge in [-0.15, -0.1) is 10.2 Å². The van der Waals surface area contributed by atoms with E-state index >= 15 is 0 Å². The summed E-state index contributed by atoms with van der Waals surface area (Å²) in [5.41, 5.74) is 0.961. The second-order valence-electron chi connectivity index (χ2n) is 5.52.